The fourth-order valence-corrected chi connectivity index (χ4v) is 1.70. The van der Waals surface area contributed by atoms with E-state index in [1.807, 2.05) is 0 Å². The molecule has 9 heteroatoms. The highest BCUT2D eigenvalue weighted by Gasteiger charge is 2.53. The van der Waals surface area contributed by atoms with Crippen molar-refractivity contribution in [1.82, 2.24) is 0 Å². The second-order valence-electron chi connectivity index (χ2n) is 4.17. The number of rotatable bonds is 4. The molecule has 9 nitrogen and oxygen atoms in total. The molecule has 1 heterocycles. The Bertz CT molecular complexity index is 308. The zero-order valence-corrected chi connectivity index (χ0v) is 9.25. The molecule has 0 aromatic rings. The van der Waals surface area contributed by atoms with Gasteiger partial charge in [-0.25, -0.2) is 4.79 Å². The number of carboxylic acids is 1. The van der Waals surface area contributed by atoms with Crippen LogP contribution in [0.25, 0.3) is 0 Å². The van der Waals surface area contributed by atoms with Crippen molar-refractivity contribution >= 4 is 5.97 Å². The number of hydrogen-bond acceptors (Lipinski definition) is 8. The summed E-state index contributed by atoms with van der Waals surface area (Å²) in [6.45, 7) is -0.866. The first-order valence-corrected chi connectivity index (χ1v) is 5.19. The van der Waals surface area contributed by atoms with Crippen LogP contribution in [-0.2, 0) is 9.53 Å². The van der Waals surface area contributed by atoms with Crippen LogP contribution >= 0.6 is 0 Å². The van der Waals surface area contributed by atoms with Crippen molar-refractivity contribution in [3.63, 3.8) is 0 Å². The normalized spacial score (nSPS) is 40.2. The number of carbonyl (C=O) groups is 1. The second kappa shape index (κ2) is 5.45. The summed E-state index contributed by atoms with van der Waals surface area (Å²) in [5, 5.41) is 64.6. The van der Waals surface area contributed by atoms with Crippen LogP contribution in [0.2, 0.25) is 0 Å². The van der Waals surface area contributed by atoms with E-state index in [1.165, 1.54) is 0 Å². The monoisotopic (exact) mass is 270 g/mol. The van der Waals surface area contributed by atoms with Crippen molar-refractivity contribution in [2.24, 2.45) is 0 Å². The maximum atomic E-state index is 10.8. The van der Waals surface area contributed by atoms with Crippen LogP contribution in [0.5, 0.6) is 0 Å². The zero-order valence-electron chi connectivity index (χ0n) is 9.25. The van der Waals surface area contributed by atoms with Gasteiger partial charge in [0.2, 0.25) is 0 Å². The van der Waals surface area contributed by atoms with Gasteiger partial charge in [0.25, 0.3) is 5.79 Å². The molecule has 0 amide bonds. The van der Waals surface area contributed by atoms with E-state index in [-0.39, 0.29) is 0 Å². The average Bonchev–Trinajstić information content (AvgIpc) is 2.31. The van der Waals surface area contributed by atoms with Gasteiger partial charge in [-0.15, -0.1) is 0 Å². The van der Waals surface area contributed by atoms with E-state index in [0.29, 0.717) is 0 Å². The maximum Gasteiger partial charge on any atom is 0.364 e. The predicted octanol–water partition coefficient (Wildman–Crippen LogP) is -4.02. The van der Waals surface area contributed by atoms with E-state index in [1.54, 1.807) is 0 Å². The van der Waals surface area contributed by atoms with Crippen molar-refractivity contribution in [3.05, 3.63) is 0 Å². The molecule has 106 valence electrons. The van der Waals surface area contributed by atoms with Gasteiger partial charge >= 0.3 is 5.97 Å². The summed E-state index contributed by atoms with van der Waals surface area (Å²) in [7, 11) is 0. The van der Waals surface area contributed by atoms with Gasteiger partial charge in [0.1, 0.15) is 24.4 Å². The number of aliphatic hydroxyl groups excluding tert-OH is 5. The summed E-state index contributed by atoms with van der Waals surface area (Å²) in [5.41, 5.74) is 0. The molecule has 0 spiro atoms. The summed E-state index contributed by atoms with van der Waals surface area (Å²) in [6, 6.07) is 0. The number of hydrogen-bond donors (Lipinski definition) is 7. The van der Waals surface area contributed by atoms with Crippen LogP contribution in [0.15, 0.2) is 0 Å². The molecule has 6 atom stereocenters. The van der Waals surface area contributed by atoms with Gasteiger partial charge < -0.3 is 40.5 Å². The number of aliphatic hydroxyl groups is 6. The molecule has 0 saturated carbocycles. The van der Waals surface area contributed by atoms with Crippen molar-refractivity contribution < 1.29 is 45.3 Å². The highest BCUT2D eigenvalue weighted by molar-refractivity contribution is 5.75. The molecule has 18 heavy (non-hydrogen) atoms. The fourth-order valence-electron chi connectivity index (χ4n) is 1.70. The molecule has 1 aliphatic rings. The van der Waals surface area contributed by atoms with Crippen LogP contribution in [0.4, 0.5) is 0 Å². The number of ether oxygens (including phenoxy) is 1. The van der Waals surface area contributed by atoms with E-state index in [0.717, 1.165) is 0 Å². The fraction of sp³-hybridized carbons (Fsp3) is 0.889. The minimum atomic E-state index is -2.78. The Morgan fingerprint density at radius 1 is 1.39 bits per heavy atom. The minimum absolute atomic E-state index is 0.790. The van der Waals surface area contributed by atoms with Gasteiger partial charge in [0, 0.05) is 6.42 Å². The van der Waals surface area contributed by atoms with Crippen LogP contribution in [0, 0.1) is 0 Å². The van der Waals surface area contributed by atoms with Crippen LogP contribution in [-0.4, -0.2) is 84.6 Å². The Hall–Kier alpha value is -0.810. The van der Waals surface area contributed by atoms with Crippen LogP contribution in [0.1, 0.15) is 6.42 Å². The number of carboxylic acid groups (broad SMARTS) is 1. The molecule has 1 fully saturated rings. The third-order valence-corrected chi connectivity index (χ3v) is 2.80. The Balaban J connectivity index is 2.92. The molecule has 1 unspecified atom stereocenters. The first-order chi connectivity index (χ1) is 8.23. The molecule has 1 aliphatic heterocycles. The average molecular weight is 270 g/mol. The molecular weight excluding hydrogens is 254 g/mol. The lowest BCUT2D eigenvalue weighted by Crippen LogP contribution is -2.63. The Labute approximate surface area is 101 Å². The van der Waals surface area contributed by atoms with E-state index in [9.17, 15) is 30.3 Å². The summed E-state index contributed by atoms with van der Waals surface area (Å²) in [5.74, 6) is -4.58. The highest BCUT2D eigenvalue weighted by Crippen LogP contribution is 2.30. The molecule has 0 aliphatic carbocycles. The van der Waals surface area contributed by atoms with Crippen LogP contribution < -0.4 is 0 Å². The van der Waals surface area contributed by atoms with E-state index in [4.69, 9.17) is 10.2 Å². The van der Waals surface area contributed by atoms with Gasteiger partial charge in [-0.3, -0.25) is 0 Å². The van der Waals surface area contributed by atoms with Crippen molar-refractivity contribution in [2.45, 2.75) is 42.7 Å². The Morgan fingerprint density at radius 2 is 1.94 bits per heavy atom. The summed E-state index contributed by atoms with van der Waals surface area (Å²) >= 11 is 0. The maximum absolute atomic E-state index is 10.8. The first kappa shape index (κ1) is 15.2. The van der Waals surface area contributed by atoms with Gasteiger partial charge in [0.15, 0.2) is 0 Å². The lowest BCUT2D eigenvalue weighted by molar-refractivity contribution is -0.312. The molecule has 7 N–H and O–H groups in total. The number of aliphatic carboxylic acids is 1. The van der Waals surface area contributed by atoms with Crippen molar-refractivity contribution in [1.29, 1.82) is 0 Å². The van der Waals surface area contributed by atoms with E-state index in [2.05, 4.69) is 4.74 Å². The molecule has 0 bridgehead atoms. The van der Waals surface area contributed by atoms with Gasteiger partial charge in [-0.2, -0.15) is 0 Å². The molecule has 1 rings (SSSR count). The lowest BCUT2D eigenvalue weighted by Gasteiger charge is -2.42. The summed E-state index contributed by atoms with van der Waals surface area (Å²) in [6.07, 6.45) is -9.50. The minimum Gasteiger partial charge on any atom is -0.477 e. The summed E-state index contributed by atoms with van der Waals surface area (Å²) < 4.78 is 4.63. The van der Waals surface area contributed by atoms with E-state index >= 15 is 0 Å². The first-order valence-electron chi connectivity index (χ1n) is 5.19. The SMILES string of the molecule is O=C(O)C1(O)[13CH2][C@H](O)[C@@H](O)[C@H]([C@@H](O)[C@H](O)[13CH2]O)O1. The predicted molar refractivity (Wildman–Crippen MR) is 53.2 cm³/mol. The molecule has 0 aromatic heterocycles. The topological polar surface area (TPSA) is 168 Å². The standard InChI is InChI=1S/C9H16O9/c10-2-4(12)6(14)7-5(13)3(11)1-9(17,18-7)8(15)16/h3-7,10-14,17H,1-2H2,(H,15,16)/t3-,4+,5+,6-,7+,9?/m0/s1/i1+1,2+1. The van der Waals surface area contributed by atoms with Gasteiger partial charge in [-0.1, -0.05) is 0 Å². The van der Waals surface area contributed by atoms with Crippen molar-refractivity contribution in [2.75, 3.05) is 6.61 Å². The largest absolute Gasteiger partial charge is 0.477 e. The third-order valence-electron chi connectivity index (χ3n) is 2.80. The second-order valence-corrected chi connectivity index (χ2v) is 4.17. The van der Waals surface area contributed by atoms with Crippen LogP contribution in [0.3, 0.4) is 0 Å². The highest BCUT2D eigenvalue weighted by atomic mass is 16.7. The smallest absolute Gasteiger partial charge is 0.364 e. The quantitative estimate of drug-likeness (QED) is 0.251. The summed E-state index contributed by atoms with van der Waals surface area (Å²) in [4.78, 5) is 10.8. The van der Waals surface area contributed by atoms with E-state index < -0.39 is 55.3 Å². The Kier molecular flexibility index (Phi) is 4.61. The van der Waals surface area contributed by atoms with Gasteiger partial charge in [0.05, 0.1) is 12.7 Å². The Morgan fingerprint density at radius 3 is 2.39 bits per heavy atom. The molecular formula is C9H16O9. The zero-order chi connectivity index (χ0) is 14.1. The molecule has 0 aromatic carbocycles. The molecule has 0 radical (unpaired) electrons. The van der Waals surface area contributed by atoms with Crippen molar-refractivity contribution in [3.8, 4) is 0 Å². The third kappa shape index (κ3) is 2.78. The lowest BCUT2D eigenvalue weighted by atomic mass is 9.99. The van der Waals surface area contributed by atoms with Gasteiger partial charge in [-0.05, 0) is 0 Å². The molecule has 1 saturated heterocycles.